The molecule has 0 aromatic rings. The molecule has 6 N–H and O–H groups in total. The van der Waals surface area contributed by atoms with Crippen LogP contribution >= 0.6 is 0 Å². The van der Waals surface area contributed by atoms with Crippen LogP contribution in [0.5, 0.6) is 0 Å². The molecule has 31 heavy (non-hydrogen) atoms. The zero-order valence-electron chi connectivity index (χ0n) is 18.1. The van der Waals surface area contributed by atoms with Gasteiger partial charge in [0.05, 0.1) is 12.2 Å². The number of ether oxygens (including phenoxy) is 2. The van der Waals surface area contributed by atoms with Crippen LogP contribution in [0.2, 0.25) is 0 Å². The summed E-state index contributed by atoms with van der Waals surface area (Å²) in [5.74, 6) is 0.678. The van der Waals surface area contributed by atoms with Gasteiger partial charge in [0.2, 0.25) is 0 Å². The molecule has 2 fully saturated rings. The topological polar surface area (TPSA) is 165 Å². The van der Waals surface area contributed by atoms with E-state index in [1.807, 2.05) is 13.8 Å². The number of rotatable bonds is 5. The second-order valence-electron chi connectivity index (χ2n) is 8.76. The van der Waals surface area contributed by atoms with E-state index in [9.17, 15) is 20.4 Å². The van der Waals surface area contributed by atoms with Crippen molar-refractivity contribution in [3.63, 3.8) is 0 Å². The Kier molecular flexibility index (Phi) is 8.28. The molecule has 10 nitrogen and oxygen atoms in total. The fraction of sp³-hybridized carbons (Fsp3) is 0.905. The Balaban J connectivity index is 0.000000176. The van der Waals surface area contributed by atoms with Gasteiger partial charge in [-0.25, -0.2) is 9.98 Å². The lowest BCUT2D eigenvalue weighted by molar-refractivity contribution is -0.0947. The van der Waals surface area contributed by atoms with Gasteiger partial charge in [0.15, 0.2) is 11.8 Å². The third-order valence-electron chi connectivity index (χ3n) is 6.59. The lowest BCUT2D eigenvalue weighted by Crippen LogP contribution is -2.52. The van der Waals surface area contributed by atoms with Crippen molar-refractivity contribution in [2.24, 2.45) is 21.8 Å². The van der Waals surface area contributed by atoms with Crippen molar-refractivity contribution < 1.29 is 40.1 Å². The van der Waals surface area contributed by atoms with E-state index in [0.29, 0.717) is 31.1 Å². The Morgan fingerprint density at radius 3 is 1.61 bits per heavy atom. The van der Waals surface area contributed by atoms with E-state index < -0.39 is 24.4 Å². The van der Waals surface area contributed by atoms with Gasteiger partial charge in [-0.05, 0) is 19.3 Å². The molecule has 2 aliphatic carbocycles. The lowest BCUT2D eigenvalue weighted by atomic mass is 9.80. The first-order valence-electron chi connectivity index (χ1n) is 11.2. The van der Waals surface area contributed by atoms with Crippen LogP contribution in [-0.2, 0) is 9.47 Å². The third-order valence-corrected chi connectivity index (χ3v) is 6.59. The largest absolute Gasteiger partial charge is 0.475 e. The molecular formula is C21H36N2O8. The van der Waals surface area contributed by atoms with E-state index in [1.54, 1.807) is 0 Å². The summed E-state index contributed by atoms with van der Waals surface area (Å²) in [5, 5.41) is 57.3. The predicted octanol–water partition coefficient (Wildman–Crippen LogP) is -1.02. The van der Waals surface area contributed by atoms with Crippen LogP contribution < -0.4 is 0 Å². The van der Waals surface area contributed by atoms with E-state index >= 15 is 0 Å². The second-order valence-corrected chi connectivity index (χ2v) is 8.76. The minimum absolute atomic E-state index is 0.131. The number of hydrogen-bond acceptors (Lipinski definition) is 10. The molecule has 0 bridgehead atoms. The molecule has 10 atom stereocenters. The van der Waals surface area contributed by atoms with Gasteiger partial charge in [0, 0.05) is 37.9 Å². The fourth-order valence-corrected chi connectivity index (χ4v) is 4.73. The Labute approximate surface area is 182 Å². The Morgan fingerprint density at radius 1 is 0.742 bits per heavy atom. The number of fused-ring (bicyclic) bond motifs is 2. The molecule has 10 unspecified atom stereocenters. The number of nitrogens with zero attached hydrogens (tertiary/aromatic N) is 2. The van der Waals surface area contributed by atoms with Gasteiger partial charge in [-0.3, -0.25) is 0 Å². The van der Waals surface area contributed by atoms with E-state index in [1.165, 1.54) is 0 Å². The molecule has 4 aliphatic rings. The highest BCUT2D eigenvalue weighted by Crippen LogP contribution is 2.34. The average Bonchev–Trinajstić information content (AvgIpc) is 3.37. The zero-order chi connectivity index (χ0) is 22.7. The van der Waals surface area contributed by atoms with Gasteiger partial charge in [-0.15, -0.1) is 0 Å². The van der Waals surface area contributed by atoms with Crippen LogP contribution in [0.15, 0.2) is 9.98 Å². The molecule has 0 spiro atoms. The van der Waals surface area contributed by atoms with Crippen molar-refractivity contribution in [1.29, 1.82) is 0 Å². The molecule has 2 saturated carbocycles. The minimum Gasteiger partial charge on any atom is -0.475 e. The maximum Gasteiger partial charge on any atom is 0.184 e. The highest BCUT2D eigenvalue weighted by Gasteiger charge is 2.48. The van der Waals surface area contributed by atoms with Crippen molar-refractivity contribution in [1.82, 2.24) is 0 Å². The number of aliphatic hydroxyl groups is 6. The molecule has 0 aromatic carbocycles. The van der Waals surface area contributed by atoms with Crippen molar-refractivity contribution in [3.8, 4) is 0 Å². The van der Waals surface area contributed by atoms with E-state index in [-0.39, 0.29) is 49.3 Å². The van der Waals surface area contributed by atoms with E-state index in [2.05, 4.69) is 9.98 Å². The standard InChI is InChI=1S/C11H19NO4.C10H17NO4/c1-2-3-8-12-9-7(16-8)4-6(5-13)10(14)11(9)15;1-2-7-11-8-6(15-7)3-5(4-12)9(13)10(8)14/h6-7,9-11,13-15H,2-5H2,1H3;5-6,8-10,12-14H,2-4H2,1H3. The van der Waals surface area contributed by atoms with Gasteiger partial charge in [-0.2, -0.15) is 0 Å². The Morgan fingerprint density at radius 2 is 1.19 bits per heavy atom. The van der Waals surface area contributed by atoms with Crippen molar-refractivity contribution in [2.45, 2.75) is 94.7 Å². The number of hydrogen-bond donors (Lipinski definition) is 6. The SMILES string of the molecule is CCC1=NC2C(CC(CO)C(O)C2O)O1.CCCC1=NC2C(CC(CO)C(O)C2O)O1. The van der Waals surface area contributed by atoms with Gasteiger partial charge >= 0.3 is 0 Å². The molecule has 0 amide bonds. The summed E-state index contributed by atoms with van der Waals surface area (Å²) >= 11 is 0. The van der Waals surface area contributed by atoms with Crippen LogP contribution in [0.3, 0.4) is 0 Å². The number of aliphatic hydroxyl groups excluding tert-OH is 6. The molecule has 0 radical (unpaired) electrons. The second kappa shape index (κ2) is 10.5. The predicted molar refractivity (Wildman–Crippen MR) is 112 cm³/mol. The number of aliphatic imine (C=N–C) groups is 2. The molecule has 0 saturated heterocycles. The van der Waals surface area contributed by atoms with Crippen LogP contribution in [0, 0.1) is 11.8 Å². The first-order valence-corrected chi connectivity index (χ1v) is 11.2. The first kappa shape index (κ1) is 24.3. The highest BCUT2D eigenvalue weighted by molar-refractivity contribution is 5.78. The summed E-state index contributed by atoms with van der Waals surface area (Å²) in [4.78, 5) is 8.53. The maximum absolute atomic E-state index is 9.89. The quantitative estimate of drug-likeness (QED) is 0.314. The summed E-state index contributed by atoms with van der Waals surface area (Å²) in [6.07, 6.45) is -0.524. The maximum atomic E-state index is 9.89. The zero-order valence-corrected chi connectivity index (χ0v) is 18.1. The summed E-state index contributed by atoms with van der Waals surface area (Å²) in [6.45, 7) is 3.71. The van der Waals surface area contributed by atoms with Gasteiger partial charge in [0.1, 0.15) is 36.5 Å². The summed E-state index contributed by atoms with van der Waals surface area (Å²) in [7, 11) is 0. The molecule has 4 rings (SSSR count). The van der Waals surface area contributed by atoms with E-state index in [0.717, 1.165) is 12.8 Å². The van der Waals surface area contributed by atoms with Crippen molar-refractivity contribution >= 4 is 11.8 Å². The summed E-state index contributed by atoms with van der Waals surface area (Å²) < 4.78 is 11.2. The molecule has 2 aliphatic heterocycles. The summed E-state index contributed by atoms with van der Waals surface area (Å²) in [5.41, 5.74) is 0. The smallest absolute Gasteiger partial charge is 0.184 e. The minimum atomic E-state index is -0.926. The van der Waals surface area contributed by atoms with Crippen LogP contribution in [0.4, 0.5) is 0 Å². The molecule has 0 aromatic heterocycles. The Bertz CT molecular complexity index is 659. The van der Waals surface area contributed by atoms with Crippen molar-refractivity contribution in [2.75, 3.05) is 13.2 Å². The summed E-state index contributed by atoms with van der Waals surface area (Å²) in [6, 6.07) is -0.725. The normalized spacial score (nSPS) is 43.5. The lowest BCUT2D eigenvalue weighted by Gasteiger charge is -2.36. The van der Waals surface area contributed by atoms with Crippen LogP contribution in [0.1, 0.15) is 46.0 Å². The molecule has 2 heterocycles. The molecule has 10 heteroatoms. The van der Waals surface area contributed by atoms with Gasteiger partial charge in [-0.1, -0.05) is 13.8 Å². The molecular weight excluding hydrogens is 408 g/mol. The average molecular weight is 445 g/mol. The monoisotopic (exact) mass is 444 g/mol. The first-order chi connectivity index (χ1) is 14.8. The Hall–Kier alpha value is -1.30. The van der Waals surface area contributed by atoms with Crippen LogP contribution in [0.25, 0.3) is 0 Å². The van der Waals surface area contributed by atoms with Gasteiger partial charge < -0.3 is 40.1 Å². The third kappa shape index (κ3) is 5.04. The van der Waals surface area contributed by atoms with Gasteiger partial charge in [0.25, 0.3) is 0 Å². The van der Waals surface area contributed by atoms with Crippen molar-refractivity contribution in [3.05, 3.63) is 0 Å². The van der Waals surface area contributed by atoms with Crippen LogP contribution in [-0.4, -0.2) is 104 Å². The van der Waals surface area contributed by atoms with E-state index in [4.69, 9.17) is 19.7 Å². The fourth-order valence-electron chi connectivity index (χ4n) is 4.73. The molecule has 178 valence electrons. The highest BCUT2D eigenvalue weighted by atomic mass is 16.5.